The Morgan fingerprint density at radius 1 is 1.22 bits per heavy atom. The molecule has 3 aromatic rings. The number of nitrogens with zero attached hydrogens (tertiary/aromatic N) is 3. The summed E-state index contributed by atoms with van der Waals surface area (Å²) < 4.78 is 20.9. The Kier molecular flexibility index (Phi) is 3.44. The molecule has 4 rings (SSSR count). The van der Waals surface area contributed by atoms with Gasteiger partial charge < -0.3 is 4.52 Å². The predicted octanol–water partition coefficient (Wildman–Crippen LogP) is 2.84. The van der Waals surface area contributed by atoms with E-state index in [1.54, 1.807) is 12.1 Å². The van der Waals surface area contributed by atoms with Gasteiger partial charge in [0.05, 0.1) is 18.3 Å². The number of hydrogen-bond donors (Lipinski definition) is 0. The van der Waals surface area contributed by atoms with Crippen molar-refractivity contribution in [3.05, 3.63) is 57.6 Å². The molecule has 0 fully saturated rings. The molecule has 0 spiro atoms. The molecule has 0 aliphatic heterocycles. The van der Waals surface area contributed by atoms with Crippen molar-refractivity contribution in [1.82, 2.24) is 14.7 Å². The van der Waals surface area contributed by atoms with Crippen LogP contribution >= 0.6 is 0 Å². The first kappa shape index (κ1) is 14.1. The van der Waals surface area contributed by atoms with Crippen molar-refractivity contribution >= 4 is 11.0 Å². The van der Waals surface area contributed by atoms with E-state index in [4.69, 9.17) is 4.52 Å². The lowest BCUT2D eigenvalue weighted by atomic mass is 10.1. The summed E-state index contributed by atoms with van der Waals surface area (Å²) in [5.74, 6) is 0.491. The molecule has 0 saturated heterocycles. The topological polar surface area (TPSA) is 60.9 Å². The van der Waals surface area contributed by atoms with E-state index in [1.165, 1.54) is 17.1 Å². The molecule has 0 atom stereocenters. The Hall–Kier alpha value is -2.50. The lowest BCUT2D eigenvalue weighted by Gasteiger charge is -2.09. The third-order valence-corrected chi connectivity index (χ3v) is 4.42. The second-order valence-electron chi connectivity index (χ2n) is 5.88. The van der Waals surface area contributed by atoms with Gasteiger partial charge in [0.15, 0.2) is 5.82 Å². The SMILES string of the molecule is O=c1cnc2c(F)cccc2n1Cc1noc2c1CCCCC2. The minimum Gasteiger partial charge on any atom is -0.361 e. The van der Waals surface area contributed by atoms with Crippen LogP contribution in [0.3, 0.4) is 0 Å². The Bertz CT molecular complexity index is 929. The standard InChI is InChI=1S/C17H16FN3O2/c18-12-6-4-7-14-17(12)19-9-16(22)21(14)10-13-11-5-2-1-3-8-15(11)23-20-13/h4,6-7,9H,1-3,5,8,10H2. The summed E-state index contributed by atoms with van der Waals surface area (Å²) in [5.41, 5.74) is 2.27. The zero-order chi connectivity index (χ0) is 15.8. The fourth-order valence-electron chi connectivity index (χ4n) is 3.22. The lowest BCUT2D eigenvalue weighted by Crippen LogP contribution is -2.22. The number of rotatable bonds is 2. The van der Waals surface area contributed by atoms with E-state index in [0.29, 0.717) is 5.52 Å². The van der Waals surface area contributed by atoms with Gasteiger partial charge in [0, 0.05) is 12.0 Å². The molecule has 0 unspecified atom stereocenters. The van der Waals surface area contributed by atoms with Crippen LogP contribution in [0, 0.1) is 5.82 Å². The molecule has 0 N–H and O–H groups in total. The molecular formula is C17H16FN3O2. The molecule has 1 aromatic carbocycles. The van der Waals surface area contributed by atoms with Gasteiger partial charge in [0.25, 0.3) is 5.56 Å². The van der Waals surface area contributed by atoms with Gasteiger partial charge in [-0.15, -0.1) is 0 Å². The van der Waals surface area contributed by atoms with Crippen molar-refractivity contribution in [1.29, 1.82) is 0 Å². The molecule has 0 saturated carbocycles. The summed E-state index contributed by atoms with van der Waals surface area (Å²) in [7, 11) is 0. The predicted molar refractivity (Wildman–Crippen MR) is 82.8 cm³/mol. The van der Waals surface area contributed by atoms with E-state index >= 15 is 0 Å². The van der Waals surface area contributed by atoms with Crippen LogP contribution in [0.4, 0.5) is 4.39 Å². The summed E-state index contributed by atoms with van der Waals surface area (Å²) in [6.45, 7) is 0.278. The number of benzene rings is 1. The highest BCUT2D eigenvalue weighted by Gasteiger charge is 2.19. The number of hydrogen-bond acceptors (Lipinski definition) is 4. The van der Waals surface area contributed by atoms with E-state index in [0.717, 1.165) is 48.9 Å². The van der Waals surface area contributed by atoms with Crippen LogP contribution in [0.25, 0.3) is 11.0 Å². The third-order valence-electron chi connectivity index (χ3n) is 4.42. The number of aryl methyl sites for hydroxylation is 1. The van der Waals surface area contributed by atoms with Crippen molar-refractivity contribution in [2.24, 2.45) is 0 Å². The van der Waals surface area contributed by atoms with Crippen molar-refractivity contribution < 1.29 is 8.91 Å². The van der Waals surface area contributed by atoms with Gasteiger partial charge in [-0.05, 0) is 31.4 Å². The van der Waals surface area contributed by atoms with E-state index in [2.05, 4.69) is 10.1 Å². The molecule has 1 aliphatic carbocycles. The summed E-state index contributed by atoms with van der Waals surface area (Å²) in [6.07, 6.45) is 6.34. The van der Waals surface area contributed by atoms with Crippen LogP contribution in [0.1, 0.15) is 36.3 Å². The van der Waals surface area contributed by atoms with Crippen LogP contribution < -0.4 is 5.56 Å². The molecule has 0 bridgehead atoms. The second kappa shape index (κ2) is 5.61. The highest BCUT2D eigenvalue weighted by Crippen LogP contribution is 2.24. The molecule has 5 nitrogen and oxygen atoms in total. The maximum absolute atomic E-state index is 13.9. The van der Waals surface area contributed by atoms with Crippen LogP contribution in [-0.4, -0.2) is 14.7 Å². The van der Waals surface area contributed by atoms with Gasteiger partial charge in [-0.2, -0.15) is 0 Å². The Morgan fingerprint density at radius 2 is 2.09 bits per heavy atom. The fraction of sp³-hybridized carbons (Fsp3) is 0.353. The second-order valence-corrected chi connectivity index (χ2v) is 5.88. The minimum absolute atomic E-state index is 0.196. The van der Waals surface area contributed by atoms with E-state index < -0.39 is 5.82 Å². The monoisotopic (exact) mass is 313 g/mol. The van der Waals surface area contributed by atoms with Crippen molar-refractivity contribution in [3.63, 3.8) is 0 Å². The van der Waals surface area contributed by atoms with Gasteiger partial charge in [-0.3, -0.25) is 9.36 Å². The molecule has 0 radical (unpaired) electrons. The number of halogens is 1. The number of aromatic nitrogens is 3. The summed E-state index contributed by atoms with van der Waals surface area (Å²) in [6, 6.07) is 4.62. The molecule has 23 heavy (non-hydrogen) atoms. The van der Waals surface area contributed by atoms with Gasteiger partial charge in [0.1, 0.15) is 17.0 Å². The molecule has 118 valence electrons. The third kappa shape index (κ3) is 2.44. The first-order valence-corrected chi connectivity index (χ1v) is 7.84. The van der Waals surface area contributed by atoms with Gasteiger partial charge in [0.2, 0.25) is 0 Å². The quantitative estimate of drug-likeness (QED) is 0.683. The zero-order valence-corrected chi connectivity index (χ0v) is 12.6. The Labute approximate surface area is 131 Å². The maximum Gasteiger partial charge on any atom is 0.269 e. The average molecular weight is 313 g/mol. The van der Waals surface area contributed by atoms with Gasteiger partial charge in [-0.25, -0.2) is 9.37 Å². The lowest BCUT2D eigenvalue weighted by molar-refractivity contribution is 0.373. The highest BCUT2D eigenvalue weighted by molar-refractivity contribution is 5.75. The summed E-state index contributed by atoms with van der Waals surface area (Å²) in [4.78, 5) is 16.1. The van der Waals surface area contributed by atoms with Crippen LogP contribution in [0.5, 0.6) is 0 Å². The van der Waals surface area contributed by atoms with Crippen LogP contribution in [0.15, 0.2) is 33.7 Å². The average Bonchev–Trinajstić information content (AvgIpc) is 2.78. The molecule has 1 aliphatic rings. The largest absolute Gasteiger partial charge is 0.361 e. The van der Waals surface area contributed by atoms with Crippen molar-refractivity contribution in [2.45, 2.75) is 38.6 Å². The Balaban J connectivity index is 1.82. The highest BCUT2D eigenvalue weighted by atomic mass is 19.1. The molecule has 2 aromatic heterocycles. The molecule has 6 heteroatoms. The van der Waals surface area contributed by atoms with Gasteiger partial charge in [-0.1, -0.05) is 17.6 Å². The maximum atomic E-state index is 13.9. The smallest absolute Gasteiger partial charge is 0.269 e. The van der Waals surface area contributed by atoms with E-state index in [1.807, 2.05) is 0 Å². The molecule has 0 amide bonds. The van der Waals surface area contributed by atoms with E-state index in [-0.39, 0.29) is 17.6 Å². The van der Waals surface area contributed by atoms with Crippen LogP contribution in [-0.2, 0) is 19.4 Å². The fourth-order valence-corrected chi connectivity index (χ4v) is 3.22. The zero-order valence-electron chi connectivity index (χ0n) is 12.6. The molecule has 2 heterocycles. The number of fused-ring (bicyclic) bond motifs is 2. The first-order chi connectivity index (χ1) is 11.2. The van der Waals surface area contributed by atoms with Gasteiger partial charge >= 0.3 is 0 Å². The van der Waals surface area contributed by atoms with E-state index in [9.17, 15) is 9.18 Å². The minimum atomic E-state index is -0.435. The summed E-state index contributed by atoms with van der Waals surface area (Å²) >= 11 is 0. The first-order valence-electron chi connectivity index (χ1n) is 7.84. The Morgan fingerprint density at radius 3 is 3.00 bits per heavy atom. The van der Waals surface area contributed by atoms with Crippen LogP contribution in [0.2, 0.25) is 0 Å². The normalized spacial score (nSPS) is 14.7. The summed E-state index contributed by atoms with van der Waals surface area (Å²) in [5, 5.41) is 4.16. The number of para-hydroxylation sites is 1. The molecular weight excluding hydrogens is 297 g/mol. The van der Waals surface area contributed by atoms with Crippen molar-refractivity contribution in [3.8, 4) is 0 Å². The van der Waals surface area contributed by atoms with Crippen molar-refractivity contribution in [2.75, 3.05) is 0 Å².